The lowest BCUT2D eigenvalue weighted by atomic mass is 9.82. The second-order valence-electron chi connectivity index (χ2n) is 8.28. The first kappa shape index (κ1) is 18.0. The molecule has 0 saturated carbocycles. The van der Waals surface area contributed by atoms with Gasteiger partial charge in [-0.1, -0.05) is 45.0 Å². The predicted molar refractivity (Wildman–Crippen MR) is 122 cm³/mol. The van der Waals surface area contributed by atoms with Crippen LogP contribution in [-0.2, 0) is 5.41 Å². The van der Waals surface area contributed by atoms with Gasteiger partial charge in [0, 0.05) is 5.56 Å². The van der Waals surface area contributed by atoms with Gasteiger partial charge in [0.2, 0.25) is 0 Å². The van der Waals surface area contributed by atoms with Crippen molar-refractivity contribution in [1.29, 1.82) is 0 Å². The van der Waals surface area contributed by atoms with Crippen LogP contribution >= 0.6 is 11.3 Å². The Morgan fingerprint density at radius 3 is 2.48 bits per heavy atom. The lowest BCUT2D eigenvalue weighted by molar-refractivity contribution is 0.596. The molecule has 0 amide bonds. The number of hydrogen-bond donors (Lipinski definition) is 0. The monoisotopic (exact) mass is 395 g/mol. The van der Waals surface area contributed by atoms with Crippen LogP contribution in [0.4, 0.5) is 0 Å². The van der Waals surface area contributed by atoms with E-state index in [2.05, 4.69) is 78.6 Å². The maximum absolute atomic E-state index is 4.77. The summed E-state index contributed by atoms with van der Waals surface area (Å²) in [5.41, 5.74) is 6.10. The Labute approximate surface area is 174 Å². The fourth-order valence-corrected chi connectivity index (χ4v) is 4.45. The molecule has 0 bridgehead atoms. The summed E-state index contributed by atoms with van der Waals surface area (Å²) in [6.45, 7) is 6.76. The average Bonchev–Trinajstić information content (AvgIpc) is 3.20. The molecule has 0 saturated heterocycles. The van der Waals surface area contributed by atoms with Crippen molar-refractivity contribution in [3.05, 3.63) is 77.9 Å². The van der Waals surface area contributed by atoms with E-state index in [9.17, 15) is 0 Å². The lowest BCUT2D eigenvalue weighted by Crippen LogP contribution is -2.12. The summed E-state index contributed by atoms with van der Waals surface area (Å²) >= 11 is 1.70. The molecule has 0 atom stereocenters. The first-order chi connectivity index (χ1) is 14.0. The molecule has 0 spiro atoms. The summed E-state index contributed by atoms with van der Waals surface area (Å²) < 4.78 is 1.19. The second-order valence-corrected chi connectivity index (χ2v) is 9.23. The third-order valence-electron chi connectivity index (χ3n) is 5.20. The molecule has 3 nitrogen and oxygen atoms in total. The summed E-state index contributed by atoms with van der Waals surface area (Å²) in [7, 11) is 0. The largest absolute Gasteiger partial charge is 0.245 e. The first-order valence-electron chi connectivity index (χ1n) is 9.69. The summed E-state index contributed by atoms with van der Waals surface area (Å²) in [5, 5.41) is 4.59. The summed E-state index contributed by atoms with van der Waals surface area (Å²) in [5.74, 6) is 0. The Kier molecular flexibility index (Phi) is 4.18. The van der Waals surface area contributed by atoms with Gasteiger partial charge in [-0.3, -0.25) is 0 Å². The number of nitrogens with zero attached hydrogens (tertiary/aromatic N) is 3. The molecule has 0 aliphatic carbocycles. The molecule has 3 aromatic heterocycles. The molecule has 2 aromatic carbocycles. The zero-order chi connectivity index (χ0) is 20.0. The number of fused-ring (bicyclic) bond motifs is 2. The number of benzene rings is 2. The Morgan fingerprint density at radius 1 is 0.793 bits per heavy atom. The van der Waals surface area contributed by atoms with Crippen molar-refractivity contribution >= 4 is 32.3 Å². The highest BCUT2D eigenvalue weighted by molar-refractivity contribution is 7.17. The molecule has 29 heavy (non-hydrogen) atoms. The van der Waals surface area contributed by atoms with Crippen LogP contribution in [0.3, 0.4) is 0 Å². The van der Waals surface area contributed by atoms with Crippen LogP contribution in [0, 0.1) is 0 Å². The standard InChI is InChI=1S/C25H21N3S/c1-25(2,3)19-13-17(12-16-6-4-5-7-18(16)19)22-14-23(27-15-26-22)20-8-9-24-21(28-20)10-11-29-24/h4-15H,1-3H3. The van der Waals surface area contributed by atoms with Gasteiger partial charge in [0.25, 0.3) is 0 Å². The molecule has 0 radical (unpaired) electrons. The highest BCUT2D eigenvalue weighted by atomic mass is 32.1. The molecule has 4 heteroatoms. The number of aromatic nitrogens is 3. The van der Waals surface area contributed by atoms with Crippen molar-refractivity contribution in [1.82, 2.24) is 15.0 Å². The van der Waals surface area contributed by atoms with Crippen LogP contribution in [-0.4, -0.2) is 15.0 Å². The molecular weight excluding hydrogens is 374 g/mol. The quantitative estimate of drug-likeness (QED) is 0.327. The van der Waals surface area contributed by atoms with E-state index in [1.165, 1.54) is 21.0 Å². The minimum Gasteiger partial charge on any atom is -0.245 e. The molecule has 0 N–H and O–H groups in total. The average molecular weight is 396 g/mol. The number of rotatable bonds is 2. The first-order valence-corrected chi connectivity index (χ1v) is 10.6. The smallest absolute Gasteiger partial charge is 0.116 e. The van der Waals surface area contributed by atoms with Crippen LogP contribution in [0.15, 0.2) is 72.4 Å². The predicted octanol–water partition coefficient (Wildman–Crippen LogP) is 6.87. The van der Waals surface area contributed by atoms with Gasteiger partial charge < -0.3 is 0 Å². The molecule has 0 aliphatic rings. The SMILES string of the molecule is CC(C)(C)c1cc(-c2cc(-c3ccc4sccc4n3)ncn2)cc2ccccc12. The third-order valence-corrected chi connectivity index (χ3v) is 6.07. The van der Waals surface area contributed by atoms with Crippen LogP contribution in [0.5, 0.6) is 0 Å². The normalized spacial score (nSPS) is 12.0. The molecule has 5 rings (SSSR count). The lowest BCUT2D eigenvalue weighted by Gasteiger charge is -2.22. The molecule has 5 aromatic rings. The van der Waals surface area contributed by atoms with Crippen molar-refractivity contribution in [2.24, 2.45) is 0 Å². The van der Waals surface area contributed by atoms with Crippen LogP contribution in [0.1, 0.15) is 26.3 Å². The van der Waals surface area contributed by atoms with Crippen LogP contribution < -0.4 is 0 Å². The van der Waals surface area contributed by atoms with E-state index in [1.807, 2.05) is 18.2 Å². The van der Waals surface area contributed by atoms with Gasteiger partial charge in [-0.25, -0.2) is 15.0 Å². The van der Waals surface area contributed by atoms with Gasteiger partial charge >= 0.3 is 0 Å². The van der Waals surface area contributed by atoms with E-state index in [-0.39, 0.29) is 5.41 Å². The van der Waals surface area contributed by atoms with Crippen molar-refractivity contribution in [2.45, 2.75) is 26.2 Å². The topological polar surface area (TPSA) is 38.7 Å². The molecule has 3 heterocycles. The minimum absolute atomic E-state index is 0.0387. The van der Waals surface area contributed by atoms with Crippen molar-refractivity contribution in [3.8, 4) is 22.6 Å². The fourth-order valence-electron chi connectivity index (χ4n) is 3.73. The van der Waals surface area contributed by atoms with Gasteiger partial charge in [0.15, 0.2) is 0 Å². The fraction of sp³-hybridized carbons (Fsp3) is 0.160. The van der Waals surface area contributed by atoms with E-state index >= 15 is 0 Å². The van der Waals surface area contributed by atoms with Gasteiger partial charge in [-0.15, -0.1) is 11.3 Å². The minimum atomic E-state index is 0.0387. The maximum atomic E-state index is 4.77. The molecule has 142 valence electrons. The highest BCUT2D eigenvalue weighted by Gasteiger charge is 2.19. The van der Waals surface area contributed by atoms with Crippen LogP contribution in [0.25, 0.3) is 43.6 Å². The highest BCUT2D eigenvalue weighted by Crippen LogP contribution is 2.35. The molecule has 0 aliphatic heterocycles. The summed E-state index contributed by atoms with van der Waals surface area (Å²) in [4.78, 5) is 13.8. The Balaban J connectivity index is 1.66. The van der Waals surface area contributed by atoms with Crippen LogP contribution in [0.2, 0.25) is 0 Å². The maximum Gasteiger partial charge on any atom is 0.116 e. The van der Waals surface area contributed by atoms with E-state index < -0.39 is 0 Å². The van der Waals surface area contributed by atoms with Gasteiger partial charge in [0.1, 0.15) is 6.33 Å². The number of hydrogen-bond acceptors (Lipinski definition) is 4. The van der Waals surface area contributed by atoms with E-state index in [1.54, 1.807) is 17.7 Å². The van der Waals surface area contributed by atoms with Gasteiger partial charge in [0.05, 0.1) is 27.3 Å². The Morgan fingerprint density at radius 2 is 1.62 bits per heavy atom. The summed E-state index contributed by atoms with van der Waals surface area (Å²) in [6.07, 6.45) is 1.64. The Bertz CT molecular complexity index is 1350. The molecular formula is C25H21N3S. The van der Waals surface area contributed by atoms with Crippen molar-refractivity contribution in [2.75, 3.05) is 0 Å². The van der Waals surface area contributed by atoms with Gasteiger partial charge in [-0.05, 0) is 63.5 Å². The summed E-state index contributed by atoms with van der Waals surface area (Å²) in [6, 6.07) is 21.3. The number of thiophene rings is 1. The zero-order valence-corrected chi connectivity index (χ0v) is 17.5. The van der Waals surface area contributed by atoms with E-state index in [0.29, 0.717) is 0 Å². The van der Waals surface area contributed by atoms with Crippen molar-refractivity contribution < 1.29 is 0 Å². The van der Waals surface area contributed by atoms with E-state index in [4.69, 9.17) is 4.98 Å². The molecule has 0 fully saturated rings. The molecule has 0 unspecified atom stereocenters. The van der Waals surface area contributed by atoms with E-state index in [0.717, 1.165) is 28.2 Å². The Hall–Kier alpha value is -3.11. The zero-order valence-electron chi connectivity index (χ0n) is 16.7. The third kappa shape index (κ3) is 3.30. The van der Waals surface area contributed by atoms with Gasteiger partial charge in [-0.2, -0.15) is 0 Å². The number of pyridine rings is 1. The second kappa shape index (κ2) is 6.75. The van der Waals surface area contributed by atoms with Crippen molar-refractivity contribution in [3.63, 3.8) is 0 Å².